The molecular weight excluding hydrogens is 428 g/mol. The van der Waals surface area contributed by atoms with Gasteiger partial charge in [-0.15, -0.1) is 0 Å². The van der Waals surface area contributed by atoms with Gasteiger partial charge in [0.25, 0.3) is 5.91 Å². The lowest BCUT2D eigenvalue weighted by atomic mass is 10.0. The molecule has 2 aromatic carbocycles. The third-order valence-corrected chi connectivity index (χ3v) is 6.11. The summed E-state index contributed by atoms with van der Waals surface area (Å²) < 4.78 is 0. The Morgan fingerprint density at radius 2 is 1.76 bits per heavy atom. The molecule has 0 spiro atoms. The number of aryl methyl sites for hydroxylation is 1. The molecule has 0 radical (unpaired) electrons. The molecule has 1 aliphatic rings. The van der Waals surface area contributed by atoms with Crippen LogP contribution in [0.15, 0.2) is 60.8 Å². The average Bonchev–Trinajstić information content (AvgIpc) is 2.86. The molecule has 0 aliphatic carbocycles. The van der Waals surface area contributed by atoms with Crippen LogP contribution in [0.3, 0.4) is 0 Å². The van der Waals surface area contributed by atoms with E-state index < -0.39 is 5.97 Å². The standard InChI is InChI=1S/C27H30N4O3/c1-2-8-24-23(26(34)30(19-25(32)33)15-13-20-9-4-3-5-10-20)17-28-27(29-24)31-16-14-21-11-6-7-12-22(21)18-31/h3-7,9-12,17H,2,8,13-16,18-19H2,1H3,(H,32,33). The van der Waals surface area contributed by atoms with E-state index in [4.69, 9.17) is 4.98 Å². The van der Waals surface area contributed by atoms with Gasteiger partial charge in [0.05, 0.1) is 11.3 Å². The first kappa shape index (κ1) is 23.4. The highest BCUT2D eigenvalue weighted by molar-refractivity contribution is 5.96. The third kappa shape index (κ3) is 5.60. The number of aliphatic carboxylic acids is 1. The molecule has 2 heterocycles. The Bertz CT molecular complexity index is 1150. The molecule has 3 aromatic rings. The van der Waals surface area contributed by atoms with E-state index in [9.17, 15) is 14.7 Å². The number of hydrogen-bond donors (Lipinski definition) is 1. The van der Waals surface area contributed by atoms with Crippen molar-refractivity contribution in [3.8, 4) is 0 Å². The first-order valence-electron chi connectivity index (χ1n) is 11.8. The summed E-state index contributed by atoms with van der Waals surface area (Å²) in [6, 6.07) is 18.1. The molecule has 1 aliphatic heterocycles. The molecular formula is C27H30N4O3. The quantitative estimate of drug-likeness (QED) is 0.525. The lowest BCUT2D eigenvalue weighted by Crippen LogP contribution is -2.38. The van der Waals surface area contributed by atoms with Gasteiger partial charge in [-0.2, -0.15) is 0 Å². The second-order valence-corrected chi connectivity index (χ2v) is 8.58. The number of carbonyl (C=O) groups is 2. The number of carbonyl (C=O) groups excluding carboxylic acids is 1. The molecule has 0 fully saturated rings. The fraction of sp³-hybridized carbons (Fsp3) is 0.333. The molecule has 1 N–H and O–H groups in total. The maximum Gasteiger partial charge on any atom is 0.323 e. The molecule has 0 unspecified atom stereocenters. The van der Waals surface area contributed by atoms with Gasteiger partial charge in [-0.25, -0.2) is 9.97 Å². The van der Waals surface area contributed by atoms with Gasteiger partial charge in [-0.3, -0.25) is 9.59 Å². The van der Waals surface area contributed by atoms with Gasteiger partial charge in [-0.05, 0) is 36.0 Å². The normalized spacial score (nSPS) is 12.8. The first-order chi connectivity index (χ1) is 16.5. The Hall–Kier alpha value is -3.74. The lowest BCUT2D eigenvalue weighted by molar-refractivity contribution is -0.137. The number of nitrogens with zero attached hydrogens (tertiary/aromatic N) is 4. The topological polar surface area (TPSA) is 86.6 Å². The smallest absolute Gasteiger partial charge is 0.323 e. The van der Waals surface area contributed by atoms with E-state index in [1.165, 1.54) is 16.0 Å². The summed E-state index contributed by atoms with van der Waals surface area (Å²) in [5.41, 5.74) is 4.73. The fourth-order valence-electron chi connectivity index (χ4n) is 4.33. The minimum atomic E-state index is -1.04. The van der Waals surface area contributed by atoms with E-state index in [0.717, 1.165) is 31.5 Å². The van der Waals surface area contributed by atoms with Crippen LogP contribution in [0.2, 0.25) is 0 Å². The van der Waals surface area contributed by atoms with E-state index in [0.29, 0.717) is 36.6 Å². The summed E-state index contributed by atoms with van der Waals surface area (Å²) in [6.45, 7) is 3.54. The monoisotopic (exact) mass is 458 g/mol. The summed E-state index contributed by atoms with van der Waals surface area (Å²) in [5.74, 6) is -0.760. The van der Waals surface area contributed by atoms with Gasteiger partial charge >= 0.3 is 5.97 Å². The summed E-state index contributed by atoms with van der Waals surface area (Å²) in [5, 5.41) is 9.41. The SMILES string of the molecule is CCCc1nc(N2CCc3ccccc3C2)ncc1C(=O)N(CCc1ccccc1)CC(=O)O. The van der Waals surface area contributed by atoms with Crippen LogP contribution in [0.4, 0.5) is 5.95 Å². The van der Waals surface area contributed by atoms with Crippen molar-refractivity contribution in [1.29, 1.82) is 0 Å². The molecule has 0 saturated carbocycles. The number of aromatic nitrogens is 2. The van der Waals surface area contributed by atoms with Crippen LogP contribution in [0.25, 0.3) is 0 Å². The Kier molecular flexibility index (Phi) is 7.52. The van der Waals surface area contributed by atoms with Crippen molar-refractivity contribution in [3.63, 3.8) is 0 Å². The van der Waals surface area contributed by atoms with Crippen LogP contribution in [0, 0.1) is 0 Å². The maximum absolute atomic E-state index is 13.4. The third-order valence-electron chi connectivity index (χ3n) is 6.11. The van der Waals surface area contributed by atoms with Gasteiger partial charge in [0.15, 0.2) is 0 Å². The van der Waals surface area contributed by atoms with E-state index in [1.807, 2.05) is 43.3 Å². The van der Waals surface area contributed by atoms with Crippen LogP contribution in [0.1, 0.15) is 46.1 Å². The van der Waals surface area contributed by atoms with Gasteiger partial charge in [0.2, 0.25) is 5.95 Å². The van der Waals surface area contributed by atoms with Gasteiger partial charge in [-0.1, -0.05) is 67.9 Å². The van der Waals surface area contributed by atoms with Crippen LogP contribution < -0.4 is 4.90 Å². The van der Waals surface area contributed by atoms with Crippen molar-refractivity contribution >= 4 is 17.8 Å². The number of anilines is 1. The van der Waals surface area contributed by atoms with Crippen LogP contribution in [0.5, 0.6) is 0 Å². The Morgan fingerprint density at radius 1 is 1.03 bits per heavy atom. The van der Waals surface area contributed by atoms with Gasteiger partial charge in [0.1, 0.15) is 6.54 Å². The highest BCUT2D eigenvalue weighted by Gasteiger charge is 2.24. The van der Waals surface area contributed by atoms with E-state index in [1.54, 1.807) is 6.20 Å². The molecule has 7 nitrogen and oxygen atoms in total. The Balaban J connectivity index is 1.56. The van der Waals surface area contributed by atoms with Crippen LogP contribution >= 0.6 is 0 Å². The minimum absolute atomic E-state index is 0.311. The molecule has 0 bridgehead atoms. The van der Waals surface area contributed by atoms with Gasteiger partial charge < -0.3 is 14.9 Å². The highest BCUT2D eigenvalue weighted by atomic mass is 16.4. The zero-order valence-corrected chi connectivity index (χ0v) is 19.5. The molecule has 7 heteroatoms. The van der Waals surface area contributed by atoms with Crippen molar-refractivity contribution in [2.75, 3.05) is 24.5 Å². The van der Waals surface area contributed by atoms with Crippen LogP contribution in [-0.4, -0.2) is 51.5 Å². The summed E-state index contributed by atoms with van der Waals surface area (Å²) in [4.78, 5) is 37.8. The second-order valence-electron chi connectivity index (χ2n) is 8.58. The molecule has 1 amide bonds. The van der Waals surface area contributed by atoms with Crippen LogP contribution in [-0.2, 0) is 30.6 Å². The second kappa shape index (κ2) is 10.9. The van der Waals surface area contributed by atoms with Crippen molar-refractivity contribution in [1.82, 2.24) is 14.9 Å². The zero-order valence-electron chi connectivity index (χ0n) is 19.5. The molecule has 0 saturated heterocycles. The van der Waals surface area contributed by atoms with Crippen molar-refractivity contribution < 1.29 is 14.7 Å². The number of rotatable bonds is 9. The number of amides is 1. The van der Waals surface area contributed by atoms with Crippen molar-refractivity contribution in [3.05, 3.63) is 88.7 Å². The molecule has 34 heavy (non-hydrogen) atoms. The van der Waals surface area contributed by atoms with E-state index in [2.05, 4.69) is 28.1 Å². The summed E-state index contributed by atoms with van der Waals surface area (Å²) >= 11 is 0. The number of benzene rings is 2. The van der Waals surface area contributed by atoms with E-state index in [-0.39, 0.29) is 12.5 Å². The number of carboxylic acids is 1. The van der Waals surface area contributed by atoms with Gasteiger partial charge in [0, 0.05) is 25.8 Å². The molecule has 176 valence electrons. The highest BCUT2D eigenvalue weighted by Crippen LogP contribution is 2.23. The van der Waals surface area contributed by atoms with Crippen molar-refractivity contribution in [2.45, 2.75) is 39.2 Å². The number of fused-ring (bicyclic) bond motifs is 1. The first-order valence-corrected chi connectivity index (χ1v) is 11.8. The predicted octanol–water partition coefficient (Wildman–Crippen LogP) is 3.76. The average molecular weight is 459 g/mol. The molecule has 4 rings (SSSR count). The Morgan fingerprint density at radius 3 is 2.50 bits per heavy atom. The van der Waals surface area contributed by atoms with E-state index >= 15 is 0 Å². The lowest BCUT2D eigenvalue weighted by Gasteiger charge is -2.29. The summed E-state index contributed by atoms with van der Waals surface area (Å²) in [7, 11) is 0. The molecule has 0 atom stereocenters. The number of hydrogen-bond acceptors (Lipinski definition) is 5. The van der Waals surface area contributed by atoms with Crippen molar-refractivity contribution in [2.24, 2.45) is 0 Å². The predicted molar refractivity (Wildman–Crippen MR) is 131 cm³/mol. The Labute approximate surface area is 200 Å². The zero-order chi connectivity index (χ0) is 23.9. The summed E-state index contributed by atoms with van der Waals surface area (Å²) in [6.07, 6.45) is 4.53. The number of carboxylic acid groups (broad SMARTS) is 1. The molecule has 1 aromatic heterocycles. The fourth-order valence-corrected chi connectivity index (χ4v) is 4.33. The minimum Gasteiger partial charge on any atom is -0.480 e. The maximum atomic E-state index is 13.4. The largest absolute Gasteiger partial charge is 0.480 e.